The smallest absolute Gasteiger partial charge is 0.218 e. The Labute approximate surface area is 165 Å². The maximum atomic E-state index is 5.67. The Morgan fingerprint density at radius 1 is 1.22 bits per heavy atom. The van der Waals surface area contributed by atoms with E-state index < -0.39 is 0 Å². The summed E-state index contributed by atoms with van der Waals surface area (Å²) in [5.74, 6) is 1.38. The van der Waals surface area contributed by atoms with Crippen molar-refractivity contribution in [1.82, 2.24) is 20.6 Å². The molecule has 0 spiro atoms. The average Bonchev–Trinajstić information content (AvgIpc) is 3.15. The lowest BCUT2D eigenvalue weighted by Crippen LogP contribution is -2.38. The number of nitrogens with zero attached hydrogens (tertiary/aromatic N) is 3. The van der Waals surface area contributed by atoms with Crippen LogP contribution in [0.25, 0.3) is 0 Å². The minimum atomic E-state index is 0.468. The van der Waals surface area contributed by atoms with Crippen molar-refractivity contribution >= 4 is 17.3 Å². The van der Waals surface area contributed by atoms with Crippen molar-refractivity contribution in [3.05, 3.63) is 40.0 Å². The van der Waals surface area contributed by atoms with E-state index in [0.29, 0.717) is 25.6 Å². The zero-order chi connectivity index (χ0) is 19.3. The van der Waals surface area contributed by atoms with E-state index in [9.17, 15) is 0 Å². The predicted octanol–water partition coefficient (Wildman–Crippen LogP) is 2.42. The first-order valence-electron chi connectivity index (χ1n) is 9.28. The Hall–Kier alpha value is -2.19. The van der Waals surface area contributed by atoms with E-state index in [4.69, 9.17) is 9.47 Å². The zero-order valence-electron chi connectivity index (χ0n) is 16.3. The van der Waals surface area contributed by atoms with Crippen molar-refractivity contribution in [2.24, 2.45) is 4.99 Å². The zero-order valence-corrected chi connectivity index (χ0v) is 17.1. The highest BCUT2D eigenvalue weighted by molar-refractivity contribution is 7.11. The molecule has 0 aromatic carbocycles. The molecule has 0 aliphatic heterocycles. The maximum Gasteiger partial charge on any atom is 0.218 e. The maximum absolute atomic E-state index is 5.67. The lowest BCUT2D eigenvalue weighted by molar-refractivity contribution is 0.143. The van der Waals surface area contributed by atoms with Gasteiger partial charge >= 0.3 is 0 Å². The van der Waals surface area contributed by atoms with Crippen LogP contribution in [0, 0.1) is 0 Å². The third-order valence-corrected chi connectivity index (χ3v) is 4.91. The number of aromatic nitrogens is 2. The van der Waals surface area contributed by atoms with Crippen LogP contribution in [0.15, 0.2) is 29.5 Å². The first-order chi connectivity index (χ1) is 13.3. The molecule has 7 nitrogen and oxygen atoms in total. The van der Waals surface area contributed by atoms with Crippen molar-refractivity contribution in [2.75, 3.05) is 33.4 Å². The van der Waals surface area contributed by atoms with Crippen molar-refractivity contribution in [3.8, 4) is 5.88 Å². The number of hydrogen-bond donors (Lipinski definition) is 2. The van der Waals surface area contributed by atoms with Crippen LogP contribution in [0.2, 0.25) is 0 Å². The van der Waals surface area contributed by atoms with Gasteiger partial charge in [0.15, 0.2) is 5.96 Å². The molecule has 27 heavy (non-hydrogen) atoms. The van der Waals surface area contributed by atoms with Gasteiger partial charge in [0.1, 0.15) is 6.61 Å². The van der Waals surface area contributed by atoms with E-state index in [1.165, 1.54) is 4.88 Å². The van der Waals surface area contributed by atoms with Gasteiger partial charge < -0.3 is 20.1 Å². The van der Waals surface area contributed by atoms with Crippen LogP contribution in [0.4, 0.5) is 0 Å². The van der Waals surface area contributed by atoms with E-state index in [1.807, 2.05) is 18.3 Å². The quantitative estimate of drug-likeness (QED) is 0.348. The van der Waals surface area contributed by atoms with Gasteiger partial charge in [0, 0.05) is 49.5 Å². The fourth-order valence-corrected chi connectivity index (χ4v) is 3.18. The SMILES string of the molecule is CCNC(=NCc1cccnc1OCCOC)NCCc1ncc(CC)s1. The van der Waals surface area contributed by atoms with Crippen molar-refractivity contribution < 1.29 is 9.47 Å². The van der Waals surface area contributed by atoms with Gasteiger partial charge in [0.2, 0.25) is 5.88 Å². The molecular weight excluding hydrogens is 362 g/mol. The van der Waals surface area contributed by atoms with E-state index in [2.05, 4.69) is 39.4 Å². The van der Waals surface area contributed by atoms with Crippen molar-refractivity contribution in [3.63, 3.8) is 0 Å². The summed E-state index contributed by atoms with van der Waals surface area (Å²) in [6.07, 6.45) is 5.60. The number of guanidine groups is 1. The largest absolute Gasteiger partial charge is 0.475 e. The Kier molecular flexibility index (Phi) is 9.57. The Bertz CT molecular complexity index is 705. The van der Waals surface area contributed by atoms with Crippen LogP contribution in [0.1, 0.15) is 29.3 Å². The molecule has 0 amide bonds. The fraction of sp³-hybridized carbons (Fsp3) is 0.526. The van der Waals surface area contributed by atoms with Gasteiger partial charge in [-0.05, 0) is 19.4 Å². The summed E-state index contributed by atoms with van der Waals surface area (Å²) in [4.78, 5) is 14.7. The van der Waals surface area contributed by atoms with Crippen molar-refractivity contribution in [2.45, 2.75) is 33.2 Å². The molecule has 0 unspecified atom stereocenters. The molecule has 0 saturated heterocycles. The molecule has 2 N–H and O–H groups in total. The average molecular weight is 392 g/mol. The number of hydrogen-bond acceptors (Lipinski definition) is 6. The standard InChI is InChI=1S/C19H29N5O2S/c1-4-16-14-23-17(27-16)8-10-22-19(20-5-2)24-13-15-7-6-9-21-18(15)26-12-11-25-3/h6-7,9,14H,4-5,8,10-13H2,1-3H3,(H2,20,22,24). The van der Waals surface area contributed by atoms with Gasteiger partial charge in [-0.1, -0.05) is 13.0 Å². The van der Waals surface area contributed by atoms with Gasteiger partial charge in [0.25, 0.3) is 0 Å². The molecule has 0 aliphatic carbocycles. The molecule has 0 radical (unpaired) electrons. The monoisotopic (exact) mass is 391 g/mol. The molecule has 0 fully saturated rings. The topological polar surface area (TPSA) is 80.7 Å². The summed E-state index contributed by atoms with van der Waals surface area (Å²) >= 11 is 1.77. The first-order valence-corrected chi connectivity index (χ1v) is 10.1. The number of nitrogens with one attached hydrogen (secondary N) is 2. The molecule has 2 rings (SSSR count). The van der Waals surface area contributed by atoms with E-state index in [0.717, 1.165) is 42.5 Å². The highest BCUT2D eigenvalue weighted by Gasteiger charge is 2.06. The molecule has 2 aromatic rings. The summed E-state index contributed by atoms with van der Waals surface area (Å²) in [6.45, 7) is 7.27. The molecule has 148 valence electrons. The predicted molar refractivity (Wildman–Crippen MR) is 110 cm³/mol. The lowest BCUT2D eigenvalue weighted by atomic mass is 10.3. The van der Waals surface area contributed by atoms with Gasteiger partial charge in [-0.2, -0.15) is 0 Å². The minimum absolute atomic E-state index is 0.468. The van der Waals surface area contributed by atoms with Gasteiger partial charge in [-0.15, -0.1) is 11.3 Å². The van der Waals surface area contributed by atoms with Gasteiger partial charge in [-0.3, -0.25) is 0 Å². The first kappa shape index (κ1) is 21.1. The normalized spacial score (nSPS) is 11.4. The lowest BCUT2D eigenvalue weighted by Gasteiger charge is -2.12. The summed E-state index contributed by atoms with van der Waals surface area (Å²) in [5, 5.41) is 7.78. The van der Waals surface area contributed by atoms with E-state index in [-0.39, 0.29) is 0 Å². The molecule has 2 heterocycles. The highest BCUT2D eigenvalue weighted by atomic mass is 32.1. The van der Waals surface area contributed by atoms with Gasteiger partial charge in [0.05, 0.1) is 18.2 Å². The number of aryl methyl sites for hydroxylation is 1. The second-order valence-corrected chi connectivity index (χ2v) is 6.95. The van der Waals surface area contributed by atoms with Crippen LogP contribution < -0.4 is 15.4 Å². The molecule has 0 aliphatic rings. The van der Waals surface area contributed by atoms with Crippen LogP contribution >= 0.6 is 11.3 Å². The van der Waals surface area contributed by atoms with Crippen LogP contribution in [0.3, 0.4) is 0 Å². The molecule has 8 heteroatoms. The second kappa shape index (κ2) is 12.2. The fourth-order valence-electron chi connectivity index (χ4n) is 2.32. The summed E-state index contributed by atoms with van der Waals surface area (Å²) in [7, 11) is 1.65. The molecule has 0 bridgehead atoms. The van der Waals surface area contributed by atoms with Crippen molar-refractivity contribution in [1.29, 1.82) is 0 Å². The third-order valence-electron chi connectivity index (χ3n) is 3.71. The number of methoxy groups -OCH3 is 1. The number of ether oxygens (including phenoxy) is 2. The highest BCUT2D eigenvalue weighted by Crippen LogP contribution is 2.15. The second-order valence-electron chi connectivity index (χ2n) is 5.75. The number of pyridine rings is 1. The van der Waals surface area contributed by atoms with Crippen LogP contribution in [0.5, 0.6) is 5.88 Å². The van der Waals surface area contributed by atoms with E-state index in [1.54, 1.807) is 24.6 Å². The number of thiazole rings is 1. The van der Waals surface area contributed by atoms with E-state index >= 15 is 0 Å². The minimum Gasteiger partial charge on any atom is -0.475 e. The molecular formula is C19H29N5O2S. The molecule has 2 aromatic heterocycles. The molecule has 0 saturated carbocycles. The van der Waals surface area contributed by atoms with Crippen LogP contribution in [-0.4, -0.2) is 49.3 Å². The third kappa shape index (κ3) is 7.52. The Morgan fingerprint density at radius 3 is 2.85 bits per heavy atom. The Balaban J connectivity index is 1.90. The number of rotatable bonds is 11. The summed E-state index contributed by atoms with van der Waals surface area (Å²) in [6, 6.07) is 3.87. The number of aliphatic imine (C=N–C) groups is 1. The summed E-state index contributed by atoms with van der Waals surface area (Å²) in [5.41, 5.74) is 0.943. The summed E-state index contributed by atoms with van der Waals surface area (Å²) < 4.78 is 10.7. The van der Waals surface area contributed by atoms with Crippen LogP contribution in [-0.2, 0) is 24.1 Å². The van der Waals surface area contributed by atoms with Gasteiger partial charge in [-0.25, -0.2) is 15.0 Å². The Morgan fingerprint density at radius 2 is 2.11 bits per heavy atom. The molecule has 0 atom stereocenters.